The molecule has 1 fully saturated rings. The summed E-state index contributed by atoms with van der Waals surface area (Å²) >= 11 is 0. The van der Waals surface area contributed by atoms with Gasteiger partial charge in [0.2, 0.25) is 5.89 Å². The second-order valence-electron chi connectivity index (χ2n) is 7.18. The first kappa shape index (κ1) is 23.5. The first-order chi connectivity index (χ1) is 13.3. The molecule has 0 bridgehead atoms. The third-order valence-electron chi connectivity index (χ3n) is 4.99. The molecular formula is C20H26F3IN4O. The molecule has 2 aromatic rings. The van der Waals surface area contributed by atoms with Gasteiger partial charge in [0.1, 0.15) is 6.26 Å². The molecule has 0 amide bonds. The normalized spacial score (nSPS) is 20.1. The number of aromatic nitrogens is 1. The van der Waals surface area contributed by atoms with Crippen molar-refractivity contribution in [3.63, 3.8) is 0 Å². The van der Waals surface area contributed by atoms with Crippen LogP contribution in [0.15, 0.2) is 39.9 Å². The van der Waals surface area contributed by atoms with E-state index < -0.39 is 12.1 Å². The van der Waals surface area contributed by atoms with Crippen LogP contribution in [0.1, 0.15) is 36.9 Å². The Morgan fingerprint density at radius 3 is 2.62 bits per heavy atom. The monoisotopic (exact) mass is 522 g/mol. The Hall–Kier alpha value is -1.78. The largest absolute Gasteiger partial charge is 0.444 e. The fourth-order valence-electron chi connectivity index (χ4n) is 3.40. The Labute approximate surface area is 185 Å². The lowest BCUT2D eigenvalue weighted by Crippen LogP contribution is -2.46. The molecule has 5 nitrogen and oxygen atoms in total. The minimum atomic E-state index is -4.13. The zero-order valence-electron chi connectivity index (χ0n) is 16.4. The number of oxazole rings is 1. The first-order valence-electron chi connectivity index (χ1n) is 9.40. The number of hydrogen-bond donors (Lipinski definition) is 2. The van der Waals surface area contributed by atoms with Gasteiger partial charge in [0.15, 0.2) is 5.96 Å². The highest BCUT2D eigenvalue weighted by Crippen LogP contribution is 2.37. The van der Waals surface area contributed by atoms with Crippen molar-refractivity contribution in [3.05, 3.63) is 41.8 Å². The zero-order chi connectivity index (χ0) is 20.1. The highest BCUT2D eigenvalue weighted by atomic mass is 127. The lowest BCUT2D eigenvalue weighted by atomic mass is 9.85. The van der Waals surface area contributed by atoms with E-state index in [-0.39, 0.29) is 42.9 Å². The summed E-state index contributed by atoms with van der Waals surface area (Å²) in [5.74, 6) is -0.253. The summed E-state index contributed by atoms with van der Waals surface area (Å²) in [6, 6.07) is 7.62. The van der Waals surface area contributed by atoms with Gasteiger partial charge in [0.05, 0.1) is 18.2 Å². The quantitative estimate of drug-likeness (QED) is 0.335. The van der Waals surface area contributed by atoms with Gasteiger partial charge in [-0.25, -0.2) is 4.98 Å². The van der Waals surface area contributed by atoms with Crippen molar-refractivity contribution in [2.24, 2.45) is 10.9 Å². The van der Waals surface area contributed by atoms with E-state index in [1.165, 1.54) is 0 Å². The van der Waals surface area contributed by atoms with Gasteiger partial charge in [-0.3, -0.25) is 4.99 Å². The van der Waals surface area contributed by atoms with Crippen molar-refractivity contribution in [1.29, 1.82) is 0 Å². The van der Waals surface area contributed by atoms with Crippen LogP contribution in [-0.4, -0.2) is 30.2 Å². The zero-order valence-corrected chi connectivity index (χ0v) is 18.8. The second-order valence-corrected chi connectivity index (χ2v) is 7.18. The average molecular weight is 522 g/mol. The van der Waals surface area contributed by atoms with E-state index >= 15 is 0 Å². The third kappa shape index (κ3) is 6.61. The molecule has 3 rings (SSSR count). The van der Waals surface area contributed by atoms with E-state index in [0.717, 1.165) is 11.1 Å². The maximum atomic E-state index is 13.0. The highest BCUT2D eigenvalue weighted by molar-refractivity contribution is 14.0. The lowest BCUT2D eigenvalue weighted by Gasteiger charge is -2.31. The van der Waals surface area contributed by atoms with Crippen molar-refractivity contribution in [1.82, 2.24) is 15.6 Å². The topological polar surface area (TPSA) is 62.5 Å². The Morgan fingerprint density at radius 1 is 1.24 bits per heavy atom. The number of aryl methyl sites for hydroxylation is 1. The lowest BCUT2D eigenvalue weighted by molar-refractivity contribution is -0.183. The summed E-state index contributed by atoms with van der Waals surface area (Å²) < 4.78 is 44.4. The van der Waals surface area contributed by atoms with Crippen LogP contribution in [-0.2, 0) is 6.54 Å². The Morgan fingerprint density at radius 2 is 1.97 bits per heavy atom. The van der Waals surface area contributed by atoms with Crippen LogP contribution in [0.25, 0.3) is 11.5 Å². The molecule has 1 aliphatic carbocycles. The van der Waals surface area contributed by atoms with E-state index in [1.54, 1.807) is 13.3 Å². The summed E-state index contributed by atoms with van der Waals surface area (Å²) in [5.41, 5.74) is 2.73. The molecule has 2 N–H and O–H groups in total. The Kier molecular flexibility index (Phi) is 8.35. The summed E-state index contributed by atoms with van der Waals surface area (Å²) in [7, 11) is 1.60. The Balaban J connectivity index is 0.00000300. The van der Waals surface area contributed by atoms with Crippen LogP contribution in [0.3, 0.4) is 0 Å². The maximum Gasteiger partial charge on any atom is 0.391 e. The van der Waals surface area contributed by atoms with Gasteiger partial charge in [-0.15, -0.1) is 24.0 Å². The molecule has 29 heavy (non-hydrogen) atoms. The van der Waals surface area contributed by atoms with Gasteiger partial charge in [-0.05, 0) is 38.3 Å². The van der Waals surface area contributed by atoms with Gasteiger partial charge < -0.3 is 15.1 Å². The summed E-state index contributed by atoms with van der Waals surface area (Å²) in [6.07, 6.45) is -1.03. The van der Waals surface area contributed by atoms with Crippen LogP contribution in [0.5, 0.6) is 0 Å². The smallest absolute Gasteiger partial charge is 0.391 e. The molecule has 1 heterocycles. The second kappa shape index (κ2) is 10.3. The van der Waals surface area contributed by atoms with Crippen LogP contribution in [0.2, 0.25) is 0 Å². The van der Waals surface area contributed by atoms with Crippen molar-refractivity contribution < 1.29 is 17.6 Å². The molecule has 160 valence electrons. The molecule has 9 heteroatoms. The molecule has 1 aromatic carbocycles. The van der Waals surface area contributed by atoms with Gasteiger partial charge in [0, 0.05) is 18.7 Å². The molecule has 1 saturated carbocycles. The van der Waals surface area contributed by atoms with Gasteiger partial charge in [-0.2, -0.15) is 13.2 Å². The van der Waals surface area contributed by atoms with E-state index in [9.17, 15) is 13.2 Å². The van der Waals surface area contributed by atoms with Gasteiger partial charge >= 0.3 is 6.18 Å². The van der Waals surface area contributed by atoms with Crippen LogP contribution in [0.4, 0.5) is 13.2 Å². The standard InChI is InChI=1S/C20H25F3N4O.HI/c1-13-6-8-14(9-7-13)18-26-17(12-28-18)11-25-19(24-2)27-16-5-3-4-15(10-16)20(21,22)23;/h6-9,12,15-16H,3-5,10-11H2,1-2H3,(H2,24,25,27);1H. The minimum absolute atomic E-state index is 0. The number of benzene rings is 1. The van der Waals surface area contributed by atoms with Crippen LogP contribution >= 0.6 is 24.0 Å². The minimum Gasteiger partial charge on any atom is -0.444 e. The van der Waals surface area contributed by atoms with Crippen LogP contribution in [0, 0.1) is 12.8 Å². The predicted octanol–water partition coefficient (Wildman–Crippen LogP) is 5.05. The number of alkyl halides is 3. The van der Waals surface area contributed by atoms with Crippen molar-refractivity contribution in [2.75, 3.05) is 7.05 Å². The first-order valence-corrected chi connectivity index (χ1v) is 9.40. The summed E-state index contributed by atoms with van der Waals surface area (Å²) in [6.45, 7) is 2.38. The molecule has 0 radical (unpaired) electrons. The molecule has 1 aromatic heterocycles. The molecule has 0 aliphatic heterocycles. The van der Waals surface area contributed by atoms with Gasteiger partial charge in [-0.1, -0.05) is 24.1 Å². The molecule has 0 spiro atoms. The molecule has 2 atom stereocenters. The average Bonchev–Trinajstić information content (AvgIpc) is 3.14. The van der Waals surface area contributed by atoms with Crippen molar-refractivity contribution in [2.45, 2.75) is 51.4 Å². The van der Waals surface area contributed by atoms with E-state index in [4.69, 9.17) is 4.42 Å². The Bertz CT molecular complexity index is 805. The van der Waals surface area contributed by atoms with Crippen LogP contribution < -0.4 is 10.6 Å². The number of nitrogens with zero attached hydrogens (tertiary/aromatic N) is 2. The number of halogens is 4. The fourth-order valence-corrected chi connectivity index (χ4v) is 3.40. The number of nitrogens with one attached hydrogen (secondary N) is 2. The van der Waals surface area contributed by atoms with Gasteiger partial charge in [0.25, 0.3) is 0 Å². The number of rotatable bonds is 4. The number of guanidine groups is 1. The van der Waals surface area contributed by atoms with E-state index in [1.807, 2.05) is 31.2 Å². The molecule has 0 saturated heterocycles. The molecule has 1 aliphatic rings. The fraction of sp³-hybridized carbons (Fsp3) is 0.500. The van der Waals surface area contributed by atoms with E-state index in [0.29, 0.717) is 36.9 Å². The number of aliphatic imine (C=N–C) groups is 1. The number of hydrogen-bond acceptors (Lipinski definition) is 3. The van der Waals surface area contributed by atoms with Crippen molar-refractivity contribution >= 4 is 29.9 Å². The SMILES string of the molecule is CN=C(NCc1coc(-c2ccc(C)cc2)n1)NC1CCCC(C(F)(F)F)C1.I. The predicted molar refractivity (Wildman–Crippen MR) is 117 cm³/mol. The molecular weight excluding hydrogens is 496 g/mol. The molecule has 2 unspecified atom stereocenters. The van der Waals surface area contributed by atoms with Crippen molar-refractivity contribution in [3.8, 4) is 11.5 Å². The summed E-state index contributed by atoms with van der Waals surface area (Å²) in [5, 5.41) is 6.20. The maximum absolute atomic E-state index is 13.0. The van der Waals surface area contributed by atoms with E-state index in [2.05, 4.69) is 20.6 Å². The summed E-state index contributed by atoms with van der Waals surface area (Å²) in [4.78, 5) is 8.56. The third-order valence-corrected chi connectivity index (χ3v) is 4.99. The highest BCUT2D eigenvalue weighted by Gasteiger charge is 2.42.